The number of nitrogens with one attached hydrogen (secondary N) is 1. The molecule has 1 N–H and O–H groups in total. The van der Waals surface area contributed by atoms with E-state index in [-0.39, 0.29) is 11.6 Å². The van der Waals surface area contributed by atoms with Crippen LogP contribution in [0.3, 0.4) is 0 Å². The highest BCUT2D eigenvalue weighted by Gasteiger charge is 2.16. The van der Waals surface area contributed by atoms with Crippen molar-refractivity contribution >= 4 is 17.3 Å². The van der Waals surface area contributed by atoms with E-state index in [2.05, 4.69) is 10.4 Å². The van der Waals surface area contributed by atoms with E-state index >= 15 is 0 Å². The van der Waals surface area contributed by atoms with E-state index in [1.54, 1.807) is 29.9 Å². The smallest absolute Gasteiger partial charge is 0.274 e. The molecule has 25 heavy (non-hydrogen) atoms. The topological polar surface area (TPSA) is 90.1 Å². The van der Waals surface area contributed by atoms with E-state index in [1.165, 1.54) is 12.3 Å². The van der Waals surface area contributed by atoms with Gasteiger partial charge in [0.25, 0.3) is 11.6 Å². The fourth-order valence-electron chi connectivity index (χ4n) is 2.49. The molecule has 0 fully saturated rings. The molecule has 0 aliphatic rings. The largest absolute Gasteiger partial charge is 0.321 e. The van der Waals surface area contributed by atoms with Crippen LogP contribution in [0.1, 0.15) is 21.5 Å². The van der Waals surface area contributed by atoms with E-state index in [4.69, 9.17) is 0 Å². The predicted octanol–water partition coefficient (Wildman–Crippen LogP) is 3.40. The standard InChI is InChI=1S/C18H16N4O3/c1-13-16(8-5-9-17(13)22(24)25)20-18(23)15-10-19-21(12-15)11-14-6-3-2-4-7-14/h2-10,12H,11H2,1H3,(H,20,23). The Bertz CT molecular complexity index is 919. The lowest BCUT2D eigenvalue weighted by Crippen LogP contribution is -2.12. The fraction of sp³-hybridized carbons (Fsp3) is 0.111. The van der Waals surface area contributed by atoms with Gasteiger partial charge in [-0.05, 0) is 18.6 Å². The van der Waals surface area contributed by atoms with Crippen LogP contribution in [0, 0.1) is 17.0 Å². The Morgan fingerprint density at radius 2 is 1.96 bits per heavy atom. The van der Waals surface area contributed by atoms with Crippen LogP contribution in [0.4, 0.5) is 11.4 Å². The molecule has 3 aromatic rings. The van der Waals surface area contributed by atoms with E-state index in [0.29, 0.717) is 23.4 Å². The summed E-state index contributed by atoms with van der Waals surface area (Å²) >= 11 is 0. The molecular formula is C18H16N4O3. The molecular weight excluding hydrogens is 320 g/mol. The Labute approximate surface area is 144 Å². The van der Waals surface area contributed by atoms with Gasteiger partial charge in [-0.2, -0.15) is 5.10 Å². The molecule has 0 atom stereocenters. The second-order valence-electron chi connectivity index (χ2n) is 5.57. The van der Waals surface area contributed by atoms with E-state index < -0.39 is 4.92 Å². The zero-order chi connectivity index (χ0) is 17.8. The van der Waals surface area contributed by atoms with Gasteiger partial charge in [0.05, 0.1) is 34.5 Å². The molecule has 7 heteroatoms. The molecule has 0 bridgehead atoms. The van der Waals surface area contributed by atoms with Crippen molar-refractivity contribution in [3.05, 3.63) is 87.7 Å². The zero-order valence-electron chi connectivity index (χ0n) is 13.5. The molecule has 126 valence electrons. The van der Waals surface area contributed by atoms with Gasteiger partial charge in [0.1, 0.15) is 0 Å². The molecule has 1 aromatic heterocycles. The number of carbonyl (C=O) groups excluding carboxylic acids is 1. The molecule has 0 aliphatic carbocycles. The third kappa shape index (κ3) is 3.72. The number of aromatic nitrogens is 2. The summed E-state index contributed by atoms with van der Waals surface area (Å²) in [7, 11) is 0. The highest BCUT2D eigenvalue weighted by Crippen LogP contribution is 2.25. The maximum absolute atomic E-state index is 12.4. The molecule has 1 amide bonds. The zero-order valence-corrected chi connectivity index (χ0v) is 13.5. The SMILES string of the molecule is Cc1c(NC(=O)c2cnn(Cc3ccccc3)c2)cccc1[N+](=O)[O-]. The van der Waals surface area contributed by atoms with E-state index in [1.807, 2.05) is 30.3 Å². The number of anilines is 1. The highest BCUT2D eigenvalue weighted by atomic mass is 16.6. The minimum absolute atomic E-state index is 0.0300. The van der Waals surface area contributed by atoms with Gasteiger partial charge in [0.2, 0.25) is 0 Å². The molecule has 0 spiro atoms. The number of nitrogens with zero attached hydrogens (tertiary/aromatic N) is 3. The van der Waals surface area contributed by atoms with E-state index in [9.17, 15) is 14.9 Å². The number of amides is 1. The van der Waals surface area contributed by atoms with Crippen LogP contribution in [0.5, 0.6) is 0 Å². The molecule has 0 saturated heterocycles. The van der Waals surface area contributed by atoms with Crippen molar-refractivity contribution in [1.82, 2.24) is 9.78 Å². The van der Waals surface area contributed by atoms with Gasteiger partial charge in [0.15, 0.2) is 0 Å². The summed E-state index contributed by atoms with van der Waals surface area (Å²) < 4.78 is 1.67. The van der Waals surface area contributed by atoms with Gasteiger partial charge in [0, 0.05) is 12.3 Å². The average Bonchev–Trinajstić information content (AvgIpc) is 3.06. The number of hydrogen-bond acceptors (Lipinski definition) is 4. The summed E-state index contributed by atoms with van der Waals surface area (Å²) in [6, 6.07) is 14.4. The molecule has 2 aromatic carbocycles. The number of nitro groups is 1. The van der Waals surface area contributed by atoms with Crippen LogP contribution in [0.25, 0.3) is 0 Å². The van der Waals surface area contributed by atoms with Crippen molar-refractivity contribution in [3.63, 3.8) is 0 Å². The first kappa shape index (κ1) is 16.4. The van der Waals surface area contributed by atoms with Gasteiger partial charge >= 0.3 is 0 Å². The quantitative estimate of drug-likeness (QED) is 0.571. The summed E-state index contributed by atoms with van der Waals surface area (Å²) in [5.74, 6) is -0.358. The number of nitro benzene ring substituents is 1. The Hall–Kier alpha value is -3.48. The normalized spacial score (nSPS) is 10.4. The fourth-order valence-corrected chi connectivity index (χ4v) is 2.49. The molecule has 0 aliphatic heterocycles. The molecule has 3 rings (SSSR count). The molecule has 1 heterocycles. The van der Waals surface area contributed by atoms with Crippen LogP contribution in [0.2, 0.25) is 0 Å². The van der Waals surface area contributed by atoms with Crippen molar-refractivity contribution in [2.45, 2.75) is 13.5 Å². The van der Waals surface area contributed by atoms with Crippen molar-refractivity contribution in [3.8, 4) is 0 Å². The van der Waals surface area contributed by atoms with Crippen molar-refractivity contribution < 1.29 is 9.72 Å². The van der Waals surface area contributed by atoms with Crippen LogP contribution >= 0.6 is 0 Å². The second kappa shape index (κ2) is 6.96. The van der Waals surface area contributed by atoms with Crippen molar-refractivity contribution in [2.24, 2.45) is 0 Å². The Balaban J connectivity index is 1.74. The van der Waals surface area contributed by atoms with Gasteiger partial charge in [-0.15, -0.1) is 0 Å². The van der Waals surface area contributed by atoms with Gasteiger partial charge < -0.3 is 5.32 Å². The monoisotopic (exact) mass is 336 g/mol. The average molecular weight is 336 g/mol. The maximum Gasteiger partial charge on any atom is 0.274 e. The summed E-state index contributed by atoms with van der Waals surface area (Å²) in [5.41, 5.74) is 2.26. The lowest BCUT2D eigenvalue weighted by molar-refractivity contribution is -0.385. The number of carbonyl (C=O) groups is 1. The van der Waals surface area contributed by atoms with Gasteiger partial charge in [-0.3, -0.25) is 19.6 Å². The third-order valence-electron chi connectivity index (χ3n) is 3.83. The molecule has 0 saturated carbocycles. The van der Waals surface area contributed by atoms with Crippen LogP contribution in [-0.2, 0) is 6.54 Å². The Morgan fingerprint density at radius 1 is 1.20 bits per heavy atom. The first-order chi connectivity index (χ1) is 12.0. The number of benzene rings is 2. The maximum atomic E-state index is 12.4. The summed E-state index contributed by atoms with van der Waals surface area (Å²) in [6.45, 7) is 2.16. The van der Waals surface area contributed by atoms with Crippen molar-refractivity contribution in [1.29, 1.82) is 0 Å². The predicted molar refractivity (Wildman–Crippen MR) is 93.6 cm³/mol. The molecule has 0 radical (unpaired) electrons. The summed E-state index contributed by atoms with van der Waals surface area (Å²) in [4.78, 5) is 22.9. The van der Waals surface area contributed by atoms with Crippen LogP contribution in [0.15, 0.2) is 60.9 Å². The minimum atomic E-state index is -0.469. The lowest BCUT2D eigenvalue weighted by Gasteiger charge is -2.07. The third-order valence-corrected chi connectivity index (χ3v) is 3.83. The van der Waals surface area contributed by atoms with Crippen LogP contribution in [-0.4, -0.2) is 20.6 Å². The Kier molecular flexibility index (Phi) is 4.56. The molecule has 0 unspecified atom stereocenters. The molecule has 7 nitrogen and oxygen atoms in total. The number of hydrogen-bond donors (Lipinski definition) is 1. The summed E-state index contributed by atoms with van der Waals surface area (Å²) in [5, 5.41) is 17.9. The van der Waals surface area contributed by atoms with Gasteiger partial charge in [-0.1, -0.05) is 36.4 Å². The first-order valence-electron chi connectivity index (χ1n) is 7.66. The van der Waals surface area contributed by atoms with Crippen LogP contribution < -0.4 is 5.32 Å². The van der Waals surface area contributed by atoms with Crippen molar-refractivity contribution in [2.75, 3.05) is 5.32 Å². The first-order valence-corrected chi connectivity index (χ1v) is 7.66. The summed E-state index contributed by atoms with van der Waals surface area (Å²) in [6.07, 6.45) is 3.12. The highest BCUT2D eigenvalue weighted by molar-refractivity contribution is 6.04. The van der Waals surface area contributed by atoms with E-state index in [0.717, 1.165) is 5.56 Å². The van der Waals surface area contributed by atoms with Gasteiger partial charge in [-0.25, -0.2) is 0 Å². The Morgan fingerprint density at radius 3 is 2.68 bits per heavy atom. The lowest BCUT2D eigenvalue weighted by atomic mass is 10.1. The minimum Gasteiger partial charge on any atom is -0.321 e. The number of rotatable bonds is 5. The second-order valence-corrected chi connectivity index (χ2v) is 5.57.